The number of pyridine rings is 1. The lowest BCUT2D eigenvalue weighted by Crippen LogP contribution is -1.85. The predicted molar refractivity (Wildman–Crippen MR) is 91.4 cm³/mol. The van der Waals surface area contributed by atoms with E-state index in [1.807, 2.05) is 41.9 Å². The fraction of sp³-hybridized carbons (Fsp3) is 0.0625. The molecule has 1 aromatic carbocycles. The molecule has 0 amide bonds. The van der Waals surface area contributed by atoms with Gasteiger partial charge >= 0.3 is 0 Å². The van der Waals surface area contributed by atoms with Gasteiger partial charge in [-0.25, -0.2) is 4.98 Å². The summed E-state index contributed by atoms with van der Waals surface area (Å²) in [6, 6.07) is 9.25. The van der Waals surface area contributed by atoms with E-state index in [1.54, 1.807) is 12.1 Å². The van der Waals surface area contributed by atoms with Crippen molar-refractivity contribution in [3.63, 3.8) is 0 Å². The van der Waals surface area contributed by atoms with Gasteiger partial charge in [0, 0.05) is 23.0 Å². The quantitative estimate of drug-likeness (QED) is 0.495. The number of hydrogen-bond acceptors (Lipinski definition) is 4. The maximum absolute atomic E-state index is 5.89. The van der Waals surface area contributed by atoms with Gasteiger partial charge in [-0.05, 0) is 58.7 Å². The van der Waals surface area contributed by atoms with Gasteiger partial charge in [-0.15, -0.1) is 10.2 Å². The second kappa shape index (κ2) is 5.47. The monoisotopic (exact) mass is 388 g/mol. The van der Waals surface area contributed by atoms with Gasteiger partial charge in [0.1, 0.15) is 5.69 Å². The van der Waals surface area contributed by atoms with Crippen LogP contribution in [0.3, 0.4) is 0 Å². The van der Waals surface area contributed by atoms with E-state index in [0.29, 0.717) is 22.5 Å². The molecular formula is C16H10BrClN4O. The Morgan fingerprint density at radius 2 is 1.83 bits per heavy atom. The van der Waals surface area contributed by atoms with E-state index in [-0.39, 0.29) is 0 Å². The average Bonchev–Trinajstić information content (AvgIpc) is 3.14. The first-order valence-corrected chi connectivity index (χ1v) is 8.02. The van der Waals surface area contributed by atoms with E-state index in [4.69, 9.17) is 16.0 Å². The van der Waals surface area contributed by atoms with Crippen LogP contribution in [-0.4, -0.2) is 19.6 Å². The zero-order valence-corrected chi connectivity index (χ0v) is 14.3. The molecule has 0 unspecified atom stereocenters. The Morgan fingerprint density at radius 1 is 1.09 bits per heavy atom. The largest absolute Gasteiger partial charge is 0.415 e. The topological polar surface area (TPSA) is 56.2 Å². The van der Waals surface area contributed by atoms with Crippen LogP contribution in [0.5, 0.6) is 0 Å². The molecule has 3 aromatic heterocycles. The molecule has 0 aliphatic heterocycles. The molecule has 3 heterocycles. The van der Waals surface area contributed by atoms with Gasteiger partial charge in [0.15, 0.2) is 5.65 Å². The van der Waals surface area contributed by atoms with Crippen molar-refractivity contribution in [3.05, 3.63) is 57.8 Å². The molecule has 4 aromatic rings. The molecule has 0 bridgehead atoms. The lowest BCUT2D eigenvalue weighted by Gasteiger charge is -1.97. The molecule has 7 heteroatoms. The minimum Gasteiger partial charge on any atom is -0.415 e. The van der Waals surface area contributed by atoms with E-state index in [9.17, 15) is 0 Å². The Balaban J connectivity index is 1.77. The average molecular weight is 390 g/mol. The first kappa shape index (κ1) is 14.4. The molecule has 0 atom stereocenters. The van der Waals surface area contributed by atoms with Crippen molar-refractivity contribution in [1.29, 1.82) is 0 Å². The molecule has 0 spiro atoms. The molecule has 0 radical (unpaired) electrons. The standard InChI is InChI=1S/C16H10BrClN4O/c1-9-6-12(17)14-19-13(8-22(14)7-9)16-21-20-15(23-16)10-2-4-11(18)5-3-10/h2-8H,1H3. The summed E-state index contributed by atoms with van der Waals surface area (Å²) in [5, 5.41) is 8.83. The SMILES string of the molecule is Cc1cc(Br)c2nc(-c3nnc(-c4ccc(Cl)cc4)o3)cn2c1. The number of aryl methyl sites for hydroxylation is 1. The van der Waals surface area contributed by atoms with Gasteiger partial charge in [0.05, 0.1) is 4.47 Å². The first-order valence-electron chi connectivity index (χ1n) is 6.85. The highest BCUT2D eigenvalue weighted by Gasteiger charge is 2.15. The van der Waals surface area contributed by atoms with Crippen molar-refractivity contribution in [2.45, 2.75) is 6.92 Å². The van der Waals surface area contributed by atoms with E-state index < -0.39 is 0 Å². The summed E-state index contributed by atoms with van der Waals surface area (Å²) in [7, 11) is 0. The minimum absolute atomic E-state index is 0.378. The zero-order valence-electron chi connectivity index (χ0n) is 12.0. The third kappa shape index (κ3) is 2.64. The molecule has 0 fully saturated rings. The van der Waals surface area contributed by atoms with Crippen LogP contribution in [0.1, 0.15) is 5.56 Å². The maximum Gasteiger partial charge on any atom is 0.268 e. The highest BCUT2D eigenvalue weighted by molar-refractivity contribution is 9.10. The summed E-state index contributed by atoms with van der Waals surface area (Å²) < 4.78 is 8.59. The smallest absolute Gasteiger partial charge is 0.268 e. The van der Waals surface area contributed by atoms with Crippen LogP contribution in [-0.2, 0) is 0 Å². The second-order valence-corrected chi connectivity index (χ2v) is 6.43. The van der Waals surface area contributed by atoms with Gasteiger partial charge in [0.2, 0.25) is 5.89 Å². The lowest BCUT2D eigenvalue weighted by molar-refractivity contribution is 0.582. The Hall–Kier alpha value is -2.18. The van der Waals surface area contributed by atoms with E-state index in [1.165, 1.54) is 0 Å². The van der Waals surface area contributed by atoms with Gasteiger partial charge in [-0.1, -0.05) is 11.6 Å². The Labute approximate surface area is 145 Å². The van der Waals surface area contributed by atoms with Crippen LogP contribution < -0.4 is 0 Å². The molecule has 4 rings (SSSR count). The van der Waals surface area contributed by atoms with Crippen LogP contribution in [0.2, 0.25) is 5.02 Å². The Morgan fingerprint density at radius 3 is 2.61 bits per heavy atom. The predicted octanol–water partition coefficient (Wildman–Crippen LogP) is 4.78. The van der Waals surface area contributed by atoms with Gasteiger partial charge in [-0.2, -0.15) is 0 Å². The van der Waals surface area contributed by atoms with Crippen molar-refractivity contribution < 1.29 is 4.42 Å². The summed E-state index contributed by atoms with van der Waals surface area (Å²) in [5.41, 5.74) is 3.37. The summed E-state index contributed by atoms with van der Waals surface area (Å²) in [5.74, 6) is 0.812. The number of imidazole rings is 1. The Kier molecular flexibility index (Phi) is 3.43. The third-order valence-electron chi connectivity index (χ3n) is 3.38. The molecule has 114 valence electrons. The number of aromatic nitrogens is 4. The molecule has 0 aliphatic rings. The second-order valence-electron chi connectivity index (χ2n) is 5.14. The van der Waals surface area contributed by atoms with Gasteiger partial charge in [-0.3, -0.25) is 0 Å². The van der Waals surface area contributed by atoms with Crippen molar-refractivity contribution in [3.8, 4) is 23.0 Å². The molecular weight excluding hydrogens is 380 g/mol. The van der Waals surface area contributed by atoms with Crippen molar-refractivity contribution in [1.82, 2.24) is 19.6 Å². The van der Waals surface area contributed by atoms with E-state index >= 15 is 0 Å². The number of benzene rings is 1. The van der Waals surface area contributed by atoms with Crippen LogP contribution in [0.4, 0.5) is 0 Å². The molecule has 0 aliphatic carbocycles. The summed E-state index contributed by atoms with van der Waals surface area (Å²) in [6.07, 6.45) is 3.86. The van der Waals surface area contributed by atoms with E-state index in [0.717, 1.165) is 21.2 Å². The first-order chi connectivity index (χ1) is 11.1. The fourth-order valence-corrected chi connectivity index (χ4v) is 3.11. The molecule has 0 N–H and O–H groups in total. The summed E-state index contributed by atoms with van der Waals surface area (Å²) >= 11 is 9.41. The fourth-order valence-electron chi connectivity index (χ4n) is 2.33. The number of hydrogen-bond donors (Lipinski definition) is 0. The number of fused-ring (bicyclic) bond motifs is 1. The van der Waals surface area contributed by atoms with Crippen LogP contribution in [0.25, 0.3) is 28.7 Å². The molecule has 0 saturated heterocycles. The van der Waals surface area contributed by atoms with Gasteiger partial charge in [0.25, 0.3) is 5.89 Å². The van der Waals surface area contributed by atoms with Crippen LogP contribution in [0, 0.1) is 6.92 Å². The molecule has 0 saturated carbocycles. The number of nitrogens with zero attached hydrogens (tertiary/aromatic N) is 4. The van der Waals surface area contributed by atoms with Crippen molar-refractivity contribution in [2.24, 2.45) is 0 Å². The van der Waals surface area contributed by atoms with E-state index in [2.05, 4.69) is 31.1 Å². The third-order valence-corrected chi connectivity index (χ3v) is 4.21. The van der Waals surface area contributed by atoms with Crippen LogP contribution >= 0.6 is 27.5 Å². The van der Waals surface area contributed by atoms with Crippen molar-refractivity contribution >= 4 is 33.2 Å². The lowest BCUT2D eigenvalue weighted by atomic mass is 10.2. The highest BCUT2D eigenvalue weighted by Crippen LogP contribution is 2.26. The van der Waals surface area contributed by atoms with Crippen molar-refractivity contribution in [2.75, 3.05) is 0 Å². The Bertz CT molecular complexity index is 1010. The zero-order chi connectivity index (χ0) is 16.0. The normalized spacial score (nSPS) is 11.3. The van der Waals surface area contributed by atoms with Gasteiger partial charge < -0.3 is 8.82 Å². The summed E-state index contributed by atoms with van der Waals surface area (Å²) in [4.78, 5) is 4.54. The summed E-state index contributed by atoms with van der Waals surface area (Å²) in [6.45, 7) is 2.02. The highest BCUT2D eigenvalue weighted by atomic mass is 79.9. The molecule has 5 nitrogen and oxygen atoms in total. The minimum atomic E-state index is 0.378. The molecule has 23 heavy (non-hydrogen) atoms. The number of halogens is 2. The maximum atomic E-state index is 5.89. The van der Waals surface area contributed by atoms with Crippen LogP contribution in [0.15, 0.2) is 51.6 Å². The number of rotatable bonds is 2.